The van der Waals surface area contributed by atoms with E-state index in [-0.39, 0.29) is 18.0 Å². The number of carbonyl (C=O) groups excluding carboxylic acids is 2. The zero-order valence-electron chi connectivity index (χ0n) is 15.7. The lowest BCUT2D eigenvalue weighted by molar-refractivity contribution is -0.121. The molecule has 146 valence electrons. The van der Waals surface area contributed by atoms with E-state index < -0.39 is 5.91 Å². The van der Waals surface area contributed by atoms with Gasteiger partial charge in [0.05, 0.1) is 19.2 Å². The predicted molar refractivity (Wildman–Crippen MR) is 108 cm³/mol. The van der Waals surface area contributed by atoms with Crippen LogP contribution in [0.1, 0.15) is 16.1 Å². The third-order valence-corrected chi connectivity index (χ3v) is 4.55. The number of methoxy groups -OCH3 is 1. The Morgan fingerprint density at radius 1 is 1.07 bits per heavy atom. The molecule has 4 rings (SSSR count). The highest BCUT2D eigenvalue weighted by Gasteiger charge is 2.13. The van der Waals surface area contributed by atoms with Gasteiger partial charge in [0.25, 0.3) is 5.91 Å². The smallest absolute Gasteiger partial charge is 0.287 e. The van der Waals surface area contributed by atoms with Crippen molar-refractivity contribution in [2.45, 2.75) is 6.42 Å². The highest BCUT2D eigenvalue weighted by atomic mass is 16.5. The van der Waals surface area contributed by atoms with Crippen molar-refractivity contribution in [2.75, 3.05) is 7.11 Å². The molecule has 0 fully saturated rings. The summed E-state index contributed by atoms with van der Waals surface area (Å²) in [5, 5.41) is 7.80. The minimum atomic E-state index is -0.482. The van der Waals surface area contributed by atoms with Crippen LogP contribution in [0.5, 0.6) is 5.75 Å². The molecule has 0 unspecified atom stereocenters. The van der Waals surface area contributed by atoms with Crippen LogP contribution in [-0.2, 0) is 11.2 Å². The standard InChI is InChI=1S/C21H19N5O3/c1-29-15-8-6-13(7-9-15)18-11-19(24-23-18)21(28)26-25-20(27)10-14-12-22-17-5-3-2-4-16(14)17/h2-9,11-12,22H,10H2,1H3,(H,23,24)(H,25,27)(H,26,28). The molecule has 0 radical (unpaired) electrons. The fraction of sp³-hybridized carbons (Fsp3) is 0.0952. The van der Waals surface area contributed by atoms with Gasteiger partial charge in [0, 0.05) is 22.7 Å². The Kier molecular flexibility index (Phi) is 4.98. The number of rotatable bonds is 5. The van der Waals surface area contributed by atoms with Crippen LogP contribution in [0, 0.1) is 0 Å². The fourth-order valence-electron chi connectivity index (χ4n) is 3.04. The summed E-state index contributed by atoms with van der Waals surface area (Å²) in [6.45, 7) is 0. The summed E-state index contributed by atoms with van der Waals surface area (Å²) in [5.74, 6) is -0.0669. The van der Waals surface area contributed by atoms with Crippen molar-refractivity contribution in [3.05, 3.63) is 72.1 Å². The molecule has 8 nitrogen and oxygen atoms in total. The number of benzene rings is 2. The molecule has 0 spiro atoms. The topological polar surface area (TPSA) is 112 Å². The Labute approximate surface area is 166 Å². The number of fused-ring (bicyclic) bond motifs is 1. The molecule has 2 heterocycles. The molecule has 0 saturated carbocycles. The van der Waals surface area contributed by atoms with E-state index in [9.17, 15) is 9.59 Å². The van der Waals surface area contributed by atoms with Crippen molar-refractivity contribution >= 4 is 22.7 Å². The molecule has 4 N–H and O–H groups in total. The summed E-state index contributed by atoms with van der Waals surface area (Å²) in [4.78, 5) is 27.6. The number of para-hydroxylation sites is 1. The average molecular weight is 389 g/mol. The van der Waals surface area contributed by atoms with Crippen molar-refractivity contribution in [3.8, 4) is 17.0 Å². The SMILES string of the molecule is COc1ccc(-c2cc(C(=O)NNC(=O)Cc3c[nH]c4ccccc34)[nH]n2)cc1. The highest BCUT2D eigenvalue weighted by Crippen LogP contribution is 2.21. The van der Waals surface area contributed by atoms with Crippen LogP contribution in [0.25, 0.3) is 22.2 Å². The second-order valence-electron chi connectivity index (χ2n) is 6.43. The van der Waals surface area contributed by atoms with Gasteiger partial charge >= 0.3 is 0 Å². The molecule has 8 heteroatoms. The van der Waals surface area contributed by atoms with Crippen LogP contribution in [0.2, 0.25) is 0 Å². The maximum Gasteiger partial charge on any atom is 0.287 e. The van der Waals surface area contributed by atoms with Crippen LogP contribution >= 0.6 is 0 Å². The minimum Gasteiger partial charge on any atom is -0.497 e. The molecular formula is C21H19N5O3. The van der Waals surface area contributed by atoms with Crippen LogP contribution in [0.4, 0.5) is 0 Å². The molecule has 4 aromatic rings. The number of aromatic amines is 2. The summed E-state index contributed by atoms with van der Waals surface area (Å²) >= 11 is 0. The van der Waals surface area contributed by atoms with Gasteiger partial charge in [-0.2, -0.15) is 5.10 Å². The van der Waals surface area contributed by atoms with E-state index in [1.807, 2.05) is 48.5 Å². The van der Waals surface area contributed by atoms with Gasteiger partial charge in [0.1, 0.15) is 11.4 Å². The van der Waals surface area contributed by atoms with E-state index >= 15 is 0 Å². The first-order valence-corrected chi connectivity index (χ1v) is 8.98. The first kappa shape index (κ1) is 18.3. The zero-order valence-corrected chi connectivity index (χ0v) is 15.7. The third kappa shape index (κ3) is 3.96. The number of aromatic nitrogens is 3. The van der Waals surface area contributed by atoms with E-state index in [0.29, 0.717) is 5.69 Å². The molecule has 0 atom stereocenters. The zero-order chi connectivity index (χ0) is 20.2. The van der Waals surface area contributed by atoms with Crippen molar-refractivity contribution < 1.29 is 14.3 Å². The second kappa shape index (κ2) is 7.89. The molecule has 0 aliphatic rings. The maximum absolute atomic E-state index is 12.3. The Hall–Kier alpha value is -4.07. The first-order chi connectivity index (χ1) is 14.1. The largest absolute Gasteiger partial charge is 0.497 e. The molecular weight excluding hydrogens is 370 g/mol. The van der Waals surface area contributed by atoms with Gasteiger partial charge in [-0.3, -0.25) is 25.5 Å². The Morgan fingerprint density at radius 2 is 1.86 bits per heavy atom. The molecule has 0 bridgehead atoms. The van der Waals surface area contributed by atoms with Crippen molar-refractivity contribution in [1.29, 1.82) is 0 Å². The van der Waals surface area contributed by atoms with Crippen molar-refractivity contribution in [3.63, 3.8) is 0 Å². The monoisotopic (exact) mass is 389 g/mol. The molecule has 2 aromatic carbocycles. The van der Waals surface area contributed by atoms with E-state index in [1.54, 1.807) is 19.4 Å². The van der Waals surface area contributed by atoms with Gasteiger partial charge in [-0.1, -0.05) is 18.2 Å². The maximum atomic E-state index is 12.3. The summed E-state index contributed by atoms with van der Waals surface area (Å²) in [6.07, 6.45) is 1.94. The van der Waals surface area contributed by atoms with Crippen LogP contribution in [0.15, 0.2) is 60.8 Å². The van der Waals surface area contributed by atoms with Gasteiger partial charge < -0.3 is 9.72 Å². The molecule has 29 heavy (non-hydrogen) atoms. The predicted octanol–water partition coefficient (Wildman–Crippen LogP) is 2.57. The van der Waals surface area contributed by atoms with E-state index in [2.05, 4.69) is 26.0 Å². The number of nitrogens with zero attached hydrogens (tertiary/aromatic N) is 1. The first-order valence-electron chi connectivity index (χ1n) is 8.98. The van der Waals surface area contributed by atoms with Crippen molar-refractivity contribution in [1.82, 2.24) is 26.0 Å². The quantitative estimate of drug-likeness (QED) is 0.393. The molecule has 2 amide bonds. The number of H-pyrrole nitrogens is 2. The minimum absolute atomic E-state index is 0.143. The molecule has 0 aliphatic carbocycles. The van der Waals surface area contributed by atoms with Gasteiger partial charge in [0.2, 0.25) is 5.91 Å². The van der Waals surface area contributed by atoms with Crippen LogP contribution in [-0.4, -0.2) is 34.1 Å². The average Bonchev–Trinajstić information content (AvgIpc) is 3.40. The Balaban J connectivity index is 1.35. The molecule has 0 saturated heterocycles. The lowest BCUT2D eigenvalue weighted by Gasteiger charge is -2.05. The number of nitrogens with one attached hydrogen (secondary N) is 4. The normalized spacial score (nSPS) is 10.7. The second-order valence-corrected chi connectivity index (χ2v) is 6.43. The number of hydrogen-bond donors (Lipinski definition) is 4. The number of amides is 2. The summed E-state index contributed by atoms with van der Waals surface area (Å²) in [7, 11) is 1.60. The fourth-order valence-corrected chi connectivity index (χ4v) is 3.04. The number of hydrogen-bond acceptors (Lipinski definition) is 4. The molecule has 0 aliphatic heterocycles. The lowest BCUT2D eigenvalue weighted by Crippen LogP contribution is -2.42. The number of ether oxygens (including phenoxy) is 1. The number of carbonyl (C=O) groups is 2. The highest BCUT2D eigenvalue weighted by molar-refractivity contribution is 5.95. The van der Waals surface area contributed by atoms with Crippen LogP contribution < -0.4 is 15.6 Å². The van der Waals surface area contributed by atoms with E-state index in [1.165, 1.54) is 0 Å². The Morgan fingerprint density at radius 3 is 2.66 bits per heavy atom. The van der Waals surface area contributed by atoms with Crippen molar-refractivity contribution in [2.24, 2.45) is 0 Å². The Bertz CT molecular complexity index is 1160. The summed E-state index contributed by atoms with van der Waals surface area (Å²) in [5.41, 5.74) is 8.34. The summed E-state index contributed by atoms with van der Waals surface area (Å²) < 4.78 is 5.13. The molecule has 2 aromatic heterocycles. The third-order valence-electron chi connectivity index (χ3n) is 4.55. The van der Waals surface area contributed by atoms with Crippen LogP contribution in [0.3, 0.4) is 0 Å². The van der Waals surface area contributed by atoms with E-state index in [0.717, 1.165) is 27.8 Å². The van der Waals surface area contributed by atoms with Gasteiger partial charge in [-0.05, 0) is 42.0 Å². The summed E-state index contributed by atoms with van der Waals surface area (Å²) in [6, 6.07) is 16.7. The van der Waals surface area contributed by atoms with Gasteiger partial charge in [-0.15, -0.1) is 0 Å². The van der Waals surface area contributed by atoms with Gasteiger partial charge in [-0.25, -0.2) is 0 Å². The number of hydrazine groups is 1. The van der Waals surface area contributed by atoms with Gasteiger partial charge in [0.15, 0.2) is 0 Å². The lowest BCUT2D eigenvalue weighted by atomic mass is 10.1. The van der Waals surface area contributed by atoms with E-state index in [4.69, 9.17) is 4.74 Å².